The molecule has 0 saturated carbocycles. The summed E-state index contributed by atoms with van der Waals surface area (Å²) in [6.45, 7) is 7.46. The van der Waals surface area contributed by atoms with Crippen LogP contribution in [0, 0.1) is 0 Å². The second-order valence-corrected chi connectivity index (χ2v) is 11.0. The fourth-order valence-electron chi connectivity index (χ4n) is 4.15. The number of phenolic OH excluding ortho intramolecular Hbond substituents is 2. The van der Waals surface area contributed by atoms with Crippen LogP contribution in [-0.2, 0) is 29.3 Å². The van der Waals surface area contributed by atoms with Gasteiger partial charge in [-0.15, -0.1) is 0 Å². The number of phenols is 2. The van der Waals surface area contributed by atoms with Crippen molar-refractivity contribution in [1.29, 1.82) is 0 Å². The van der Waals surface area contributed by atoms with Gasteiger partial charge in [-0.05, 0) is 74.0 Å². The summed E-state index contributed by atoms with van der Waals surface area (Å²) < 4.78 is 0. The van der Waals surface area contributed by atoms with Crippen LogP contribution in [0.1, 0.15) is 122 Å². The summed E-state index contributed by atoms with van der Waals surface area (Å²) in [5.74, 6) is 0.619. The molecule has 4 N–H and O–H groups in total. The standard InChI is InChI=1S/C28H42O2S.C4H11N.Ni/c1-3-5-7-9-11-13-15-23-17-19-27(25(29)21-23)31-28-20-18-24(22-26(28)30)16-14-12-10-8-6-4-2;1-2-3-4-5;/h17-22,29-30H,3-16H2,1-2H3;2-5H2,1H3;. The minimum absolute atomic E-state index is 0. The second kappa shape index (κ2) is 23.9. The molecule has 0 radical (unpaired) electrons. The van der Waals surface area contributed by atoms with Crippen molar-refractivity contribution in [3.63, 3.8) is 0 Å². The first-order valence-corrected chi connectivity index (χ1v) is 15.4. The number of aryl methyl sites for hydroxylation is 2. The van der Waals surface area contributed by atoms with E-state index < -0.39 is 0 Å². The molecule has 0 atom stereocenters. The van der Waals surface area contributed by atoms with E-state index in [4.69, 9.17) is 5.73 Å². The van der Waals surface area contributed by atoms with Crippen molar-refractivity contribution < 1.29 is 26.7 Å². The topological polar surface area (TPSA) is 66.5 Å². The van der Waals surface area contributed by atoms with Gasteiger partial charge in [0.2, 0.25) is 0 Å². The second-order valence-electron chi connectivity index (χ2n) is 9.88. The van der Waals surface area contributed by atoms with Gasteiger partial charge in [0.15, 0.2) is 0 Å². The van der Waals surface area contributed by atoms with Crippen molar-refractivity contribution in [2.45, 2.75) is 133 Å². The minimum atomic E-state index is 0. The average Bonchev–Trinajstić information content (AvgIpc) is 2.87. The molecule has 0 aliphatic heterocycles. The Bertz CT molecular complexity index is 750. The van der Waals surface area contributed by atoms with E-state index >= 15 is 0 Å². The number of hydrogen-bond acceptors (Lipinski definition) is 4. The molecule has 37 heavy (non-hydrogen) atoms. The third-order valence-corrected chi connectivity index (χ3v) is 7.59. The monoisotopic (exact) mass is 573 g/mol. The summed E-state index contributed by atoms with van der Waals surface area (Å²) in [4.78, 5) is 1.59. The van der Waals surface area contributed by atoms with Gasteiger partial charge in [-0.25, -0.2) is 0 Å². The number of hydrogen-bond donors (Lipinski definition) is 3. The molecule has 0 aliphatic carbocycles. The number of benzene rings is 2. The van der Waals surface area contributed by atoms with Crippen LogP contribution in [0.5, 0.6) is 11.5 Å². The molecule has 5 heteroatoms. The Hall–Kier alpha value is -1.16. The minimum Gasteiger partial charge on any atom is -0.507 e. The smallest absolute Gasteiger partial charge is 0.129 e. The molecule has 0 aliphatic rings. The van der Waals surface area contributed by atoms with Gasteiger partial charge in [0.05, 0.1) is 9.79 Å². The average molecular weight is 575 g/mol. The molecule has 2 aromatic rings. The van der Waals surface area contributed by atoms with E-state index in [1.54, 1.807) is 0 Å². The van der Waals surface area contributed by atoms with Gasteiger partial charge >= 0.3 is 0 Å². The molecule has 0 bridgehead atoms. The summed E-state index contributed by atoms with van der Waals surface area (Å²) >= 11 is 1.43. The zero-order valence-corrected chi connectivity index (χ0v) is 25.5. The molecule has 0 aromatic heterocycles. The van der Waals surface area contributed by atoms with Crippen molar-refractivity contribution >= 4 is 11.8 Å². The molecular weight excluding hydrogens is 521 g/mol. The summed E-state index contributed by atoms with van der Waals surface area (Å²) in [5.41, 5.74) is 7.52. The first-order chi connectivity index (χ1) is 17.5. The Labute approximate surface area is 242 Å². The zero-order chi connectivity index (χ0) is 26.4. The summed E-state index contributed by atoms with van der Waals surface area (Å²) in [7, 11) is 0. The molecule has 0 saturated heterocycles. The molecule has 0 amide bonds. The predicted molar refractivity (Wildman–Crippen MR) is 158 cm³/mol. The van der Waals surface area contributed by atoms with Crippen LogP contribution in [0.3, 0.4) is 0 Å². The maximum atomic E-state index is 10.5. The quantitative estimate of drug-likeness (QED) is 0.122. The van der Waals surface area contributed by atoms with E-state index in [1.165, 1.54) is 113 Å². The van der Waals surface area contributed by atoms with Crippen molar-refractivity contribution in [2.24, 2.45) is 5.73 Å². The van der Waals surface area contributed by atoms with Crippen LogP contribution < -0.4 is 5.73 Å². The van der Waals surface area contributed by atoms with Crippen LogP contribution >= 0.6 is 11.8 Å². The maximum absolute atomic E-state index is 10.5. The van der Waals surface area contributed by atoms with E-state index in [0.29, 0.717) is 11.5 Å². The van der Waals surface area contributed by atoms with Crippen LogP contribution in [0.4, 0.5) is 0 Å². The third-order valence-electron chi connectivity index (χ3n) is 6.46. The van der Waals surface area contributed by atoms with E-state index in [9.17, 15) is 10.2 Å². The van der Waals surface area contributed by atoms with Gasteiger partial charge in [0.25, 0.3) is 0 Å². The van der Waals surface area contributed by atoms with Gasteiger partial charge in [-0.3, -0.25) is 0 Å². The van der Waals surface area contributed by atoms with Crippen LogP contribution in [-0.4, -0.2) is 16.8 Å². The molecule has 2 rings (SSSR count). The van der Waals surface area contributed by atoms with Gasteiger partial charge < -0.3 is 15.9 Å². The van der Waals surface area contributed by atoms with Gasteiger partial charge in [0.1, 0.15) is 11.5 Å². The number of unbranched alkanes of at least 4 members (excludes halogenated alkanes) is 11. The van der Waals surface area contributed by atoms with Gasteiger partial charge in [-0.2, -0.15) is 0 Å². The van der Waals surface area contributed by atoms with Gasteiger partial charge in [-0.1, -0.05) is 115 Å². The first kappa shape index (κ1) is 35.8. The van der Waals surface area contributed by atoms with Crippen molar-refractivity contribution in [3.05, 3.63) is 47.5 Å². The van der Waals surface area contributed by atoms with Crippen molar-refractivity contribution in [3.8, 4) is 11.5 Å². The van der Waals surface area contributed by atoms with E-state index in [1.807, 2.05) is 24.3 Å². The molecular formula is C32H53NNiO2S. The Morgan fingerprint density at radius 2 is 0.946 bits per heavy atom. The third kappa shape index (κ3) is 17.1. The summed E-state index contributed by atoms with van der Waals surface area (Å²) in [6, 6.07) is 12.0. The van der Waals surface area contributed by atoms with Crippen LogP contribution in [0.15, 0.2) is 46.2 Å². The largest absolute Gasteiger partial charge is 0.507 e. The predicted octanol–water partition coefficient (Wildman–Crippen LogP) is 9.80. The molecule has 2 aromatic carbocycles. The molecule has 0 unspecified atom stereocenters. The van der Waals surface area contributed by atoms with E-state index in [2.05, 4.69) is 32.9 Å². The molecule has 0 fully saturated rings. The zero-order valence-electron chi connectivity index (χ0n) is 23.7. The van der Waals surface area contributed by atoms with Crippen LogP contribution in [0.25, 0.3) is 0 Å². The van der Waals surface area contributed by atoms with Gasteiger partial charge in [0, 0.05) is 16.5 Å². The van der Waals surface area contributed by atoms with E-state index in [0.717, 1.165) is 29.2 Å². The van der Waals surface area contributed by atoms with E-state index in [-0.39, 0.29) is 16.5 Å². The fraction of sp³-hybridized carbons (Fsp3) is 0.625. The molecule has 0 spiro atoms. The first-order valence-electron chi connectivity index (χ1n) is 14.6. The summed E-state index contributed by atoms with van der Waals surface area (Å²) in [6.07, 6.45) is 19.8. The number of nitrogens with two attached hydrogens (primary N) is 1. The Kier molecular flexibility index (Phi) is 23.2. The fourth-order valence-corrected chi connectivity index (χ4v) is 4.99. The molecule has 214 valence electrons. The van der Waals surface area contributed by atoms with Crippen molar-refractivity contribution in [1.82, 2.24) is 0 Å². The molecule has 0 heterocycles. The normalized spacial score (nSPS) is 10.5. The van der Waals surface area contributed by atoms with Crippen LogP contribution in [0.2, 0.25) is 0 Å². The maximum Gasteiger partial charge on any atom is 0.129 e. The number of rotatable bonds is 18. The number of aromatic hydroxyl groups is 2. The Balaban J connectivity index is 0.00000196. The molecule has 3 nitrogen and oxygen atoms in total. The summed E-state index contributed by atoms with van der Waals surface area (Å²) in [5, 5.41) is 20.9. The Morgan fingerprint density at radius 3 is 1.27 bits per heavy atom. The Morgan fingerprint density at radius 1 is 0.568 bits per heavy atom. The SMILES string of the molecule is CCCCCCCCc1ccc(Sc2ccc(CCCCCCCC)cc2O)c(O)c1.CCCCN.[Ni]. The van der Waals surface area contributed by atoms with Crippen molar-refractivity contribution in [2.75, 3.05) is 6.54 Å².